The molecule has 2 amide bonds. The first-order chi connectivity index (χ1) is 13.1. The van der Waals surface area contributed by atoms with Gasteiger partial charge in [0.05, 0.1) is 11.7 Å². The van der Waals surface area contributed by atoms with Crippen LogP contribution in [-0.4, -0.2) is 49.7 Å². The molecule has 0 saturated carbocycles. The summed E-state index contributed by atoms with van der Waals surface area (Å²) >= 11 is 3.42. The molecule has 7 heteroatoms. The van der Waals surface area contributed by atoms with E-state index < -0.39 is 0 Å². The van der Waals surface area contributed by atoms with E-state index in [1.165, 1.54) is 5.56 Å². The predicted molar refractivity (Wildman–Crippen MR) is 113 cm³/mol. The van der Waals surface area contributed by atoms with Crippen LogP contribution in [0.25, 0.3) is 0 Å². The molecule has 0 bridgehead atoms. The summed E-state index contributed by atoms with van der Waals surface area (Å²) in [6, 6.07) is 10.2. The SMILES string of the molecule is CN(C)C(CNC(=O)CCC(=O)N1CCSc2ccccc21)c1ccsc1. The van der Waals surface area contributed by atoms with Crippen molar-refractivity contribution < 1.29 is 9.59 Å². The average Bonchev–Trinajstić information content (AvgIpc) is 3.20. The van der Waals surface area contributed by atoms with Crippen molar-refractivity contribution in [2.24, 2.45) is 0 Å². The van der Waals surface area contributed by atoms with Gasteiger partial charge >= 0.3 is 0 Å². The highest BCUT2D eigenvalue weighted by molar-refractivity contribution is 7.99. The molecule has 0 aliphatic carbocycles. The molecule has 0 radical (unpaired) electrons. The number of nitrogens with one attached hydrogen (secondary N) is 1. The molecule has 1 atom stereocenters. The lowest BCUT2D eigenvalue weighted by Crippen LogP contribution is -2.37. The Balaban J connectivity index is 1.50. The number of para-hydroxylation sites is 1. The molecule has 2 heterocycles. The average molecular weight is 404 g/mol. The Morgan fingerprint density at radius 2 is 2.04 bits per heavy atom. The van der Waals surface area contributed by atoms with Gasteiger partial charge in [-0.15, -0.1) is 11.8 Å². The molecule has 3 rings (SSSR count). The van der Waals surface area contributed by atoms with Crippen LogP contribution in [0.2, 0.25) is 0 Å². The zero-order valence-electron chi connectivity index (χ0n) is 15.7. The Morgan fingerprint density at radius 1 is 1.22 bits per heavy atom. The number of hydrogen-bond donors (Lipinski definition) is 1. The van der Waals surface area contributed by atoms with Crippen LogP contribution < -0.4 is 10.2 Å². The number of carbonyl (C=O) groups is 2. The molecule has 1 aromatic carbocycles. The molecule has 144 valence electrons. The fourth-order valence-electron chi connectivity index (χ4n) is 3.15. The van der Waals surface area contributed by atoms with E-state index in [2.05, 4.69) is 21.7 Å². The first-order valence-electron chi connectivity index (χ1n) is 9.03. The lowest BCUT2D eigenvalue weighted by atomic mass is 10.1. The molecule has 1 unspecified atom stereocenters. The lowest BCUT2D eigenvalue weighted by molar-refractivity contribution is -0.125. The molecule has 2 aromatic rings. The van der Waals surface area contributed by atoms with Crippen LogP contribution in [-0.2, 0) is 9.59 Å². The predicted octanol–water partition coefficient (Wildman–Crippen LogP) is 3.39. The van der Waals surface area contributed by atoms with Gasteiger partial charge in [0.15, 0.2) is 0 Å². The lowest BCUT2D eigenvalue weighted by Gasteiger charge is -2.29. The molecular weight excluding hydrogens is 378 g/mol. The van der Waals surface area contributed by atoms with Crippen molar-refractivity contribution >= 4 is 40.6 Å². The minimum absolute atomic E-state index is 0.0138. The Kier molecular flexibility index (Phi) is 6.93. The molecule has 0 fully saturated rings. The van der Waals surface area contributed by atoms with Crippen LogP contribution in [0.1, 0.15) is 24.4 Å². The molecule has 1 N–H and O–H groups in total. The van der Waals surface area contributed by atoms with Crippen molar-refractivity contribution in [1.82, 2.24) is 10.2 Å². The Labute approximate surface area is 168 Å². The van der Waals surface area contributed by atoms with Gasteiger partial charge in [-0.05, 0) is 48.6 Å². The van der Waals surface area contributed by atoms with E-state index in [9.17, 15) is 9.59 Å². The third kappa shape index (κ3) is 5.12. The number of benzene rings is 1. The van der Waals surface area contributed by atoms with Gasteiger partial charge in [0.1, 0.15) is 0 Å². The molecule has 1 aliphatic rings. The second-order valence-electron chi connectivity index (χ2n) is 6.70. The van der Waals surface area contributed by atoms with E-state index in [4.69, 9.17) is 0 Å². The Hall–Kier alpha value is -1.83. The third-order valence-electron chi connectivity index (χ3n) is 4.64. The summed E-state index contributed by atoms with van der Waals surface area (Å²) in [4.78, 5) is 29.9. The zero-order valence-corrected chi connectivity index (χ0v) is 17.3. The highest BCUT2D eigenvalue weighted by Crippen LogP contribution is 2.34. The van der Waals surface area contributed by atoms with Crippen LogP contribution in [0.5, 0.6) is 0 Å². The number of anilines is 1. The van der Waals surface area contributed by atoms with Crippen molar-refractivity contribution in [3.63, 3.8) is 0 Å². The smallest absolute Gasteiger partial charge is 0.227 e. The van der Waals surface area contributed by atoms with Gasteiger partial charge in [-0.2, -0.15) is 11.3 Å². The van der Waals surface area contributed by atoms with Gasteiger partial charge in [0.2, 0.25) is 11.8 Å². The highest BCUT2D eigenvalue weighted by atomic mass is 32.2. The number of fused-ring (bicyclic) bond motifs is 1. The summed E-state index contributed by atoms with van der Waals surface area (Å²) in [7, 11) is 4.01. The molecule has 1 aromatic heterocycles. The summed E-state index contributed by atoms with van der Waals surface area (Å²) in [5.74, 6) is 0.824. The van der Waals surface area contributed by atoms with Crippen molar-refractivity contribution in [2.45, 2.75) is 23.8 Å². The fraction of sp³-hybridized carbons (Fsp3) is 0.400. The van der Waals surface area contributed by atoms with E-state index >= 15 is 0 Å². The van der Waals surface area contributed by atoms with E-state index in [1.54, 1.807) is 23.1 Å². The summed E-state index contributed by atoms with van der Waals surface area (Å²) in [5, 5.41) is 7.13. The van der Waals surface area contributed by atoms with Gasteiger partial charge in [-0.3, -0.25) is 9.59 Å². The number of likely N-dealkylation sites (N-methyl/N-ethyl adjacent to an activating group) is 1. The third-order valence-corrected chi connectivity index (χ3v) is 6.38. The first kappa shape index (κ1) is 19.9. The maximum absolute atomic E-state index is 12.6. The number of thiophene rings is 1. The van der Waals surface area contributed by atoms with E-state index in [0.717, 1.165) is 16.3 Å². The minimum atomic E-state index is -0.0786. The van der Waals surface area contributed by atoms with E-state index in [-0.39, 0.29) is 30.7 Å². The number of thioether (sulfide) groups is 1. The highest BCUT2D eigenvalue weighted by Gasteiger charge is 2.23. The van der Waals surface area contributed by atoms with Crippen LogP contribution in [0, 0.1) is 0 Å². The van der Waals surface area contributed by atoms with Crippen LogP contribution in [0.4, 0.5) is 5.69 Å². The van der Waals surface area contributed by atoms with Gasteiger partial charge in [-0.25, -0.2) is 0 Å². The van der Waals surface area contributed by atoms with Crippen LogP contribution >= 0.6 is 23.1 Å². The number of rotatable bonds is 7. The summed E-state index contributed by atoms with van der Waals surface area (Å²) in [6.45, 7) is 1.24. The van der Waals surface area contributed by atoms with Crippen molar-refractivity contribution in [1.29, 1.82) is 0 Å². The maximum Gasteiger partial charge on any atom is 0.227 e. The van der Waals surface area contributed by atoms with Crippen molar-refractivity contribution in [3.05, 3.63) is 46.7 Å². The number of carbonyl (C=O) groups excluding carboxylic acids is 2. The second-order valence-corrected chi connectivity index (χ2v) is 8.62. The molecular formula is C20H25N3O2S2. The van der Waals surface area contributed by atoms with Crippen LogP contribution in [0.15, 0.2) is 46.0 Å². The van der Waals surface area contributed by atoms with E-state index in [1.807, 2.05) is 48.6 Å². The van der Waals surface area contributed by atoms with Crippen LogP contribution in [0.3, 0.4) is 0 Å². The quantitative estimate of drug-likeness (QED) is 0.770. The summed E-state index contributed by atoms with van der Waals surface area (Å²) in [5.41, 5.74) is 2.16. The van der Waals surface area contributed by atoms with Gasteiger partial charge < -0.3 is 15.1 Å². The fourth-order valence-corrected chi connectivity index (χ4v) is 4.85. The van der Waals surface area contributed by atoms with Gasteiger partial charge in [0.25, 0.3) is 0 Å². The number of hydrogen-bond acceptors (Lipinski definition) is 5. The van der Waals surface area contributed by atoms with Gasteiger partial charge in [-0.1, -0.05) is 12.1 Å². The van der Waals surface area contributed by atoms with Crippen molar-refractivity contribution in [2.75, 3.05) is 37.8 Å². The molecule has 0 saturated heterocycles. The van der Waals surface area contributed by atoms with E-state index in [0.29, 0.717) is 13.1 Å². The normalized spacial score (nSPS) is 14.7. The van der Waals surface area contributed by atoms with Crippen molar-refractivity contribution in [3.8, 4) is 0 Å². The first-order valence-corrected chi connectivity index (χ1v) is 11.0. The molecule has 27 heavy (non-hydrogen) atoms. The topological polar surface area (TPSA) is 52.7 Å². The Morgan fingerprint density at radius 3 is 2.78 bits per heavy atom. The minimum Gasteiger partial charge on any atom is -0.354 e. The second kappa shape index (κ2) is 9.39. The van der Waals surface area contributed by atoms with Gasteiger partial charge in [0, 0.05) is 36.6 Å². The largest absolute Gasteiger partial charge is 0.354 e. The molecule has 0 spiro atoms. The Bertz CT molecular complexity index is 777. The zero-order chi connectivity index (χ0) is 19.2. The number of nitrogens with zero attached hydrogens (tertiary/aromatic N) is 2. The monoisotopic (exact) mass is 403 g/mol. The molecule has 5 nitrogen and oxygen atoms in total. The molecule has 1 aliphatic heterocycles. The standard InChI is InChI=1S/C20H25N3O2S2/c1-22(2)17(15-9-11-26-14-15)13-21-19(24)7-8-20(25)23-10-12-27-18-6-4-3-5-16(18)23/h3-6,9,11,14,17H,7-8,10,12-13H2,1-2H3,(H,21,24). The summed E-state index contributed by atoms with van der Waals surface area (Å²) < 4.78 is 0. The number of amides is 2. The summed E-state index contributed by atoms with van der Waals surface area (Å²) in [6.07, 6.45) is 0.449. The maximum atomic E-state index is 12.6.